The van der Waals surface area contributed by atoms with Crippen LogP contribution in [0, 0.1) is 0 Å². The number of anilines is 1. The number of piperazine rings is 1. The number of nitrogens with zero attached hydrogens (tertiary/aromatic N) is 3. The molecule has 1 fully saturated rings. The van der Waals surface area contributed by atoms with Crippen LogP contribution in [0.15, 0.2) is 36.5 Å². The van der Waals surface area contributed by atoms with E-state index >= 15 is 0 Å². The molecule has 0 aliphatic carbocycles. The Morgan fingerprint density at radius 3 is 2.48 bits per heavy atom. The molecule has 0 atom stereocenters. The molecule has 0 spiro atoms. The quantitative estimate of drug-likeness (QED) is 0.494. The second-order valence-electron chi connectivity index (χ2n) is 5.97. The summed E-state index contributed by atoms with van der Waals surface area (Å²) in [5.74, 6) is 0.866. The van der Waals surface area contributed by atoms with E-state index in [0.717, 1.165) is 23.6 Å². The van der Waals surface area contributed by atoms with E-state index < -0.39 is 0 Å². The SMILES string of the molecule is Cl.O=C(c1sc2cc(Cl)cc(Cl)c2c1Cl)N1CCN(c2ccccn2)CC1. The third-order valence-electron chi connectivity index (χ3n) is 4.38. The van der Waals surface area contributed by atoms with E-state index in [4.69, 9.17) is 34.8 Å². The summed E-state index contributed by atoms with van der Waals surface area (Å²) in [5.41, 5.74) is 0. The smallest absolute Gasteiger partial charge is 0.265 e. The average Bonchev–Trinajstić information content (AvgIpc) is 2.98. The van der Waals surface area contributed by atoms with Gasteiger partial charge >= 0.3 is 0 Å². The fourth-order valence-electron chi connectivity index (χ4n) is 3.07. The van der Waals surface area contributed by atoms with Gasteiger partial charge < -0.3 is 9.80 Å². The zero-order valence-electron chi connectivity index (χ0n) is 14.0. The molecule has 0 saturated carbocycles. The summed E-state index contributed by atoms with van der Waals surface area (Å²) in [6.45, 7) is 2.71. The van der Waals surface area contributed by atoms with Crippen LogP contribution in [0.25, 0.3) is 10.1 Å². The number of hydrogen-bond acceptors (Lipinski definition) is 4. The predicted octanol–water partition coefficient (Wildman–Crippen LogP) is 5.64. The van der Waals surface area contributed by atoms with Crippen LogP contribution < -0.4 is 4.90 Å². The fourth-order valence-corrected chi connectivity index (χ4v) is 5.41. The van der Waals surface area contributed by atoms with Gasteiger partial charge in [-0.05, 0) is 24.3 Å². The monoisotopic (exact) mass is 461 g/mol. The second-order valence-corrected chi connectivity index (χ2v) is 8.25. The van der Waals surface area contributed by atoms with Gasteiger partial charge in [0.25, 0.3) is 5.91 Å². The van der Waals surface area contributed by atoms with Gasteiger partial charge in [0.1, 0.15) is 10.7 Å². The molecular formula is C18H15Cl4N3OS. The third kappa shape index (κ3) is 3.98. The number of halogens is 4. The van der Waals surface area contributed by atoms with Gasteiger partial charge in [-0.2, -0.15) is 0 Å². The highest BCUT2D eigenvalue weighted by Gasteiger charge is 2.27. The molecule has 3 aromatic rings. The van der Waals surface area contributed by atoms with E-state index in [9.17, 15) is 4.79 Å². The Labute approximate surface area is 182 Å². The minimum absolute atomic E-state index is 0. The number of rotatable bonds is 2. The zero-order valence-corrected chi connectivity index (χ0v) is 17.9. The molecule has 0 radical (unpaired) electrons. The van der Waals surface area contributed by atoms with Crippen LogP contribution in [0.1, 0.15) is 9.67 Å². The van der Waals surface area contributed by atoms with Crippen molar-refractivity contribution in [3.05, 3.63) is 56.5 Å². The highest BCUT2D eigenvalue weighted by Crippen LogP contribution is 2.41. The minimum Gasteiger partial charge on any atom is -0.353 e. The molecule has 4 rings (SSSR count). The van der Waals surface area contributed by atoms with Crippen molar-refractivity contribution in [2.75, 3.05) is 31.1 Å². The maximum Gasteiger partial charge on any atom is 0.265 e. The topological polar surface area (TPSA) is 36.4 Å². The van der Waals surface area contributed by atoms with Gasteiger partial charge in [0.2, 0.25) is 0 Å². The molecule has 0 unspecified atom stereocenters. The molecule has 0 N–H and O–H groups in total. The van der Waals surface area contributed by atoms with Gasteiger partial charge in [-0.25, -0.2) is 4.98 Å². The van der Waals surface area contributed by atoms with Crippen molar-refractivity contribution in [1.82, 2.24) is 9.88 Å². The second kappa shape index (κ2) is 8.41. The molecule has 0 bridgehead atoms. The Morgan fingerprint density at radius 2 is 1.81 bits per heavy atom. The molecule has 1 aromatic carbocycles. The van der Waals surface area contributed by atoms with Crippen molar-refractivity contribution in [3.8, 4) is 0 Å². The van der Waals surface area contributed by atoms with Crippen molar-refractivity contribution < 1.29 is 4.79 Å². The van der Waals surface area contributed by atoms with Gasteiger partial charge in [0.15, 0.2) is 0 Å². The minimum atomic E-state index is -0.0657. The third-order valence-corrected chi connectivity index (χ3v) is 6.52. The fraction of sp³-hybridized carbons (Fsp3) is 0.222. The van der Waals surface area contributed by atoms with E-state index in [0.29, 0.717) is 38.4 Å². The van der Waals surface area contributed by atoms with Crippen LogP contribution in [0.5, 0.6) is 0 Å². The van der Waals surface area contributed by atoms with Crippen LogP contribution in [0.4, 0.5) is 5.82 Å². The predicted molar refractivity (Wildman–Crippen MR) is 116 cm³/mol. The van der Waals surface area contributed by atoms with Crippen molar-refractivity contribution in [1.29, 1.82) is 0 Å². The Hall–Kier alpha value is -1.24. The van der Waals surface area contributed by atoms with Crippen LogP contribution in [0.2, 0.25) is 15.1 Å². The van der Waals surface area contributed by atoms with Gasteiger partial charge in [0, 0.05) is 47.5 Å². The first-order valence-corrected chi connectivity index (χ1v) is 10.0. The lowest BCUT2D eigenvalue weighted by molar-refractivity contribution is 0.0751. The van der Waals surface area contributed by atoms with Crippen molar-refractivity contribution in [2.45, 2.75) is 0 Å². The summed E-state index contributed by atoms with van der Waals surface area (Å²) in [5, 5.41) is 2.10. The van der Waals surface area contributed by atoms with Crippen LogP contribution >= 0.6 is 58.5 Å². The molecule has 1 aliphatic heterocycles. The zero-order chi connectivity index (χ0) is 18.3. The summed E-state index contributed by atoms with van der Waals surface area (Å²) in [7, 11) is 0. The molecule has 27 heavy (non-hydrogen) atoms. The average molecular weight is 463 g/mol. The van der Waals surface area contributed by atoms with E-state index in [2.05, 4.69) is 9.88 Å². The van der Waals surface area contributed by atoms with Gasteiger partial charge in [-0.15, -0.1) is 23.7 Å². The molecule has 142 valence electrons. The van der Waals surface area contributed by atoms with E-state index in [1.165, 1.54) is 11.3 Å². The maximum absolute atomic E-state index is 13.0. The van der Waals surface area contributed by atoms with Gasteiger partial charge in [-0.3, -0.25) is 4.79 Å². The summed E-state index contributed by atoms with van der Waals surface area (Å²) < 4.78 is 0.822. The van der Waals surface area contributed by atoms with Gasteiger partial charge in [0.05, 0.1) is 10.0 Å². The van der Waals surface area contributed by atoms with Crippen molar-refractivity contribution in [3.63, 3.8) is 0 Å². The van der Waals surface area contributed by atoms with Crippen LogP contribution in [-0.4, -0.2) is 42.0 Å². The molecule has 3 heterocycles. The highest BCUT2D eigenvalue weighted by atomic mass is 35.5. The summed E-state index contributed by atoms with van der Waals surface area (Å²) in [6.07, 6.45) is 1.78. The van der Waals surface area contributed by atoms with Crippen LogP contribution in [-0.2, 0) is 0 Å². The lowest BCUT2D eigenvalue weighted by Crippen LogP contribution is -2.48. The standard InChI is InChI=1S/C18H14Cl3N3OS.ClH/c19-11-9-12(20)15-13(10-11)26-17(16(15)21)18(25)24-7-5-23(6-8-24)14-3-1-2-4-22-14;/h1-4,9-10H,5-8H2;1H. The molecule has 9 heteroatoms. The number of fused-ring (bicyclic) bond motifs is 1. The normalized spacial score (nSPS) is 14.3. The van der Waals surface area contributed by atoms with Crippen molar-refractivity contribution >= 4 is 80.4 Å². The van der Waals surface area contributed by atoms with Gasteiger partial charge in [-0.1, -0.05) is 40.9 Å². The summed E-state index contributed by atoms with van der Waals surface area (Å²) >= 11 is 20.1. The Morgan fingerprint density at radius 1 is 1.07 bits per heavy atom. The summed E-state index contributed by atoms with van der Waals surface area (Å²) in [4.78, 5) is 21.8. The molecular weight excluding hydrogens is 448 g/mol. The number of amides is 1. The van der Waals surface area contributed by atoms with E-state index in [1.807, 2.05) is 23.1 Å². The number of hydrogen-bond donors (Lipinski definition) is 0. The number of pyridine rings is 1. The number of aromatic nitrogens is 1. The number of carbonyl (C=O) groups is 1. The van der Waals surface area contributed by atoms with Crippen molar-refractivity contribution in [2.24, 2.45) is 0 Å². The van der Waals surface area contributed by atoms with Crippen LogP contribution in [0.3, 0.4) is 0 Å². The Bertz CT molecular complexity index is 972. The first-order valence-electron chi connectivity index (χ1n) is 8.07. The molecule has 2 aromatic heterocycles. The lowest BCUT2D eigenvalue weighted by atomic mass is 10.2. The van der Waals surface area contributed by atoms with E-state index in [-0.39, 0.29) is 18.3 Å². The summed E-state index contributed by atoms with van der Waals surface area (Å²) in [6, 6.07) is 9.26. The number of carbonyl (C=O) groups excluding carboxylic acids is 1. The Kier molecular flexibility index (Phi) is 6.39. The molecule has 1 amide bonds. The largest absolute Gasteiger partial charge is 0.353 e. The van der Waals surface area contributed by atoms with E-state index in [1.54, 1.807) is 18.3 Å². The lowest BCUT2D eigenvalue weighted by Gasteiger charge is -2.35. The molecule has 4 nitrogen and oxygen atoms in total. The first kappa shape index (κ1) is 20.5. The molecule has 1 saturated heterocycles. The highest BCUT2D eigenvalue weighted by molar-refractivity contribution is 7.21. The Balaban J connectivity index is 0.00000210. The number of benzene rings is 1. The number of thiophene rings is 1. The molecule has 1 aliphatic rings. The maximum atomic E-state index is 13.0. The first-order chi connectivity index (χ1) is 12.5.